The second kappa shape index (κ2) is 7.27. The van der Waals surface area contributed by atoms with E-state index in [1.807, 2.05) is 27.7 Å². The summed E-state index contributed by atoms with van der Waals surface area (Å²) in [5.41, 5.74) is 5.41. The zero-order chi connectivity index (χ0) is 13.5. The topological polar surface area (TPSA) is 84.2 Å². The number of rotatable bonds is 7. The van der Waals surface area contributed by atoms with E-state index in [-0.39, 0.29) is 23.9 Å². The van der Waals surface area contributed by atoms with Gasteiger partial charge >= 0.3 is 0 Å². The first-order chi connectivity index (χ1) is 7.70. The van der Waals surface area contributed by atoms with Gasteiger partial charge in [-0.1, -0.05) is 13.8 Å². The van der Waals surface area contributed by atoms with Crippen LogP contribution in [0, 0.1) is 5.92 Å². The van der Waals surface area contributed by atoms with Crippen LogP contribution >= 0.6 is 0 Å². The summed E-state index contributed by atoms with van der Waals surface area (Å²) in [5.74, 6) is 0.120. The van der Waals surface area contributed by atoms with Gasteiger partial charge in [-0.05, 0) is 26.2 Å². The highest BCUT2D eigenvalue weighted by molar-refractivity contribution is 5.84. The minimum absolute atomic E-state index is 0.0382. The first-order valence-corrected chi connectivity index (χ1v) is 6.03. The molecule has 0 aromatic rings. The highest BCUT2D eigenvalue weighted by Crippen LogP contribution is 2.06. The molecule has 0 aliphatic carbocycles. The van der Waals surface area contributed by atoms with Crippen LogP contribution in [0.4, 0.5) is 0 Å². The van der Waals surface area contributed by atoms with E-state index < -0.39 is 0 Å². The largest absolute Gasteiger partial charge is 0.354 e. The first-order valence-electron chi connectivity index (χ1n) is 6.03. The summed E-state index contributed by atoms with van der Waals surface area (Å²) in [4.78, 5) is 22.7. The average molecular weight is 243 g/mol. The van der Waals surface area contributed by atoms with Crippen LogP contribution in [0.1, 0.15) is 40.5 Å². The summed E-state index contributed by atoms with van der Waals surface area (Å²) >= 11 is 0. The third kappa shape index (κ3) is 11.2. The molecule has 0 atom stereocenters. The number of hydrogen-bond acceptors (Lipinski definition) is 3. The van der Waals surface area contributed by atoms with Gasteiger partial charge in [0.15, 0.2) is 0 Å². The van der Waals surface area contributed by atoms with Gasteiger partial charge in [-0.25, -0.2) is 0 Å². The molecule has 2 amide bonds. The average Bonchev–Trinajstić information content (AvgIpc) is 2.19. The number of carbonyl (C=O) groups excluding carboxylic acids is 2. The third-order valence-corrected chi connectivity index (χ3v) is 2.15. The van der Waals surface area contributed by atoms with Gasteiger partial charge in [-0.15, -0.1) is 0 Å². The zero-order valence-electron chi connectivity index (χ0n) is 11.3. The molecule has 5 nitrogen and oxygen atoms in total. The van der Waals surface area contributed by atoms with Gasteiger partial charge in [0.1, 0.15) is 0 Å². The molecule has 0 radical (unpaired) electrons. The van der Waals surface area contributed by atoms with Crippen molar-refractivity contribution in [1.82, 2.24) is 10.6 Å². The highest BCUT2D eigenvalue weighted by atomic mass is 16.2. The number of nitrogens with one attached hydrogen (secondary N) is 2. The van der Waals surface area contributed by atoms with Crippen LogP contribution in [0.3, 0.4) is 0 Å². The molecule has 17 heavy (non-hydrogen) atoms. The summed E-state index contributed by atoms with van der Waals surface area (Å²) < 4.78 is 0. The minimum atomic E-state index is -0.350. The molecule has 0 unspecified atom stereocenters. The molecule has 0 aromatic heterocycles. The summed E-state index contributed by atoms with van der Waals surface area (Å²) in [5, 5.41) is 5.30. The molecule has 0 fully saturated rings. The smallest absolute Gasteiger partial charge is 0.239 e. The fourth-order valence-corrected chi connectivity index (χ4v) is 1.08. The van der Waals surface area contributed by atoms with Gasteiger partial charge in [0.05, 0.1) is 6.54 Å². The van der Waals surface area contributed by atoms with Gasteiger partial charge in [0, 0.05) is 18.5 Å². The van der Waals surface area contributed by atoms with Crippen LogP contribution in [0.5, 0.6) is 0 Å². The maximum atomic E-state index is 11.4. The Morgan fingerprint density at radius 1 is 1.18 bits per heavy atom. The molecule has 0 saturated heterocycles. The fourth-order valence-electron chi connectivity index (χ4n) is 1.08. The third-order valence-electron chi connectivity index (χ3n) is 2.15. The van der Waals surface area contributed by atoms with Crippen molar-refractivity contribution in [2.24, 2.45) is 11.7 Å². The molecule has 0 aliphatic rings. The van der Waals surface area contributed by atoms with E-state index in [0.29, 0.717) is 25.3 Å². The van der Waals surface area contributed by atoms with Gasteiger partial charge in [-0.3, -0.25) is 9.59 Å². The van der Waals surface area contributed by atoms with E-state index in [4.69, 9.17) is 5.73 Å². The minimum Gasteiger partial charge on any atom is -0.354 e. The Hall–Kier alpha value is -1.10. The molecule has 0 heterocycles. The highest BCUT2D eigenvalue weighted by Gasteiger charge is 2.13. The molecule has 5 heteroatoms. The molecule has 0 spiro atoms. The van der Waals surface area contributed by atoms with Crippen LogP contribution in [0.15, 0.2) is 0 Å². The SMILES string of the molecule is CC(C)CNC(=O)CNC(=O)CCC(C)(C)N. The van der Waals surface area contributed by atoms with Crippen LogP contribution in [0.25, 0.3) is 0 Å². The number of amides is 2. The lowest BCUT2D eigenvalue weighted by atomic mass is 10.00. The quantitative estimate of drug-likeness (QED) is 0.605. The first kappa shape index (κ1) is 15.9. The number of nitrogens with two attached hydrogens (primary N) is 1. The Morgan fingerprint density at radius 2 is 1.76 bits per heavy atom. The van der Waals surface area contributed by atoms with Crippen molar-refractivity contribution >= 4 is 11.8 Å². The molecule has 0 aliphatic heterocycles. The lowest BCUT2D eigenvalue weighted by Crippen LogP contribution is -2.39. The van der Waals surface area contributed by atoms with Crippen LogP contribution in [-0.2, 0) is 9.59 Å². The van der Waals surface area contributed by atoms with Gasteiger partial charge in [-0.2, -0.15) is 0 Å². The predicted octanol–water partition coefficient (Wildman–Crippen LogP) is 0.392. The zero-order valence-corrected chi connectivity index (χ0v) is 11.3. The normalized spacial score (nSPS) is 11.4. The summed E-state index contributed by atoms with van der Waals surface area (Å²) in [6.45, 7) is 8.44. The van der Waals surface area contributed by atoms with E-state index in [1.54, 1.807) is 0 Å². The summed E-state index contributed by atoms with van der Waals surface area (Å²) in [7, 11) is 0. The van der Waals surface area contributed by atoms with Crippen molar-refractivity contribution in [2.45, 2.75) is 46.1 Å². The molecular formula is C12H25N3O2. The molecule has 0 saturated carbocycles. The Bertz CT molecular complexity index is 257. The molecular weight excluding hydrogens is 218 g/mol. The molecule has 100 valence electrons. The van der Waals surface area contributed by atoms with E-state index >= 15 is 0 Å². The van der Waals surface area contributed by atoms with Crippen LogP contribution < -0.4 is 16.4 Å². The van der Waals surface area contributed by atoms with Gasteiger partial charge < -0.3 is 16.4 Å². The van der Waals surface area contributed by atoms with E-state index in [9.17, 15) is 9.59 Å². The lowest BCUT2D eigenvalue weighted by Gasteiger charge is -2.17. The van der Waals surface area contributed by atoms with Crippen molar-refractivity contribution in [3.05, 3.63) is 0 Å². The molecule has 4 N–H and O–H groups in total. The Labute approximate surface area is 104 Å². The summed E-state index contributed by atoms with van der Waals surface area (Å²) in [6, 6.07) is 0. The van der Waals surface area contributed by atoms with Gasteiger partial charge in [0.2, 0.25) is 11.8 Å². The maximum Gasteiger partial charge on any atom is 0.239 e. The van der Waals surface area contributed by atoms with Crippen molar-refractivity contribution in [1.29, 1.82) is 0 Å². The maximum absolute atomic E-state index is 11.4. The van der Waals surface area contributed by atoms with E-state index in [2.05, 4.69) is 10.6 Å². The van der Waals surface area contributed by atoms with E-state index in [0.717, 1.165) is 0 Å². The molecule has 0 rings (SSSR count). The van der Waals surface area contributed by atoms with Crippen LogP contribution in [-0.4, -0.2) is 30.4 Å². The fraction of sp³-hybridized carbons (Fsp3) is 0.833. The van der Waals surface area contributed by atoms with Crippen LogP contribution in [0.2, 0.25) is 0 Å². The Balaban J connectivity index is 3.66. The van der Waals surface area contributed by atoms with E-state index in [1.165, 1.54) is 0 Å². The van der Waals surface area contributed by atoms with Gasteiger partial charge in [0.25, 0.3) is 0 Å². The second-order valence-electron chi connectivity index (χ2n) is 5.46. The number of hydrogen-bond donors (Lipinski definition) is 3. The van der Waals surface area contributed by atoms with Crippen molar-refractivity contribution in [3.8, 4) is 0 Å². The number of carbonyl (C=O) groups is 2. The van der Waals surface area contributed by atoms with Crippen molar-refractivity contribution in [3.63, 3.8) is 0 Å². The van der Waals surface area contributed by atoms with Crippen molar-refractivity contribution in [2.75, 3.05) is 13.1 Å². The lowest BCUT2D eigenvalue weighted by molar-refractivity contribution is -0.126. The predicted molar refractivity (Wildman–Crippen MR) is 68.4 cm³/mol. The Kier molecular flexibility index (Phi) is 6.80. The molecule has 0 aromatic carbocycles. The van der Waals surface area contributed by atoms with Crippen molar-refractivity contribution < 1.29 is 9.59 Å². The monoisotopic (exact) mass is 243 g/mol. The second-order valence-corrected chi connectivity index (χ2v) is 5.46. The molecule has 0 bridgehead atoms. The Morgan fingerprint density at radius 3 is 2.24 bits per heavy atom. The standard InChI is InChI=1S/C12H25N3O2/c1-9(2)7-14-11(17)8-15-10(16)5-6-12(3,4)13/h9H,5-8,13H2,1-4H3,(H,14,17)(H,15,16). The summed E-state index contributed by atoms with van der Waals surface area (Å²) in [6.07, 6.45) is 0.952.